The van der Waals surface area contributed by atoms with Crippen molar-refractivity contribution in [2.24, 2.45) is 5.10 Å². The second-order valence-electron chi connectivity index (χ2n) is 3.22. The molecule has 4 nitrogen and oxygen atoms in total. The summed E-state index contributed by atoms with van der Waals surface area (Å²) in [6, 6.07) is 1.64. The lowest BCUT2D eigenvalue weighted by molar-refractivity contribution is 0.0953. The molecule has 0 radical (unpaired) electrons. The van der Waals surface area contributed by atoms with Crippen LogP contribution in [0.3, 0.4) is 0 Å². The molecule has 1 rings (SSSR count). The van der Waals surface area contributed by atoms with Crippen LogP contribution in [0.4, 0.5) is 0 Å². The Bertz CT molecular complexity index is 360. The fourth-order valence-electron chi connectivity index (χ4n) is 1.22. The van der Waals surface area contributed by atoms with E-state index in [1.54, 1.807) is 13.0 Å². The van der Waals surface area contributed by atoms with E-state index < -0.39 is 0 Å². The van der Waals surface area contributed by atoms with E-state index in [2.05, 4.69) is 10.5 Å². The summed E-state index contributed by atoms with van der Waals surface area (Å²) in [5.74, 6) is 0.387. The van der Waals surface area contributed by atoms with Crippen LogP contribution in [0.5, 0.6) is 0 Å². The van der Waals surface area contributed by atoms with Crippen LogP contribution in [0, 0.1) is 6.92 Å². The number of carbonyl (C=O) groups excluding carboxylic acids is 1. The first-order chi connectivity index (χ1) is 7.19. The summed E-state index contributed by atoms with van der Waals surface area (Å²) < 4.78 is 5.04. The summed E-state index contributed by atoms with van der Waals surface area (Å²) in [5.41, 5.74) is 4.03. The van der Waals surface area contributed by atoms with Crippen molar-refractivity contribution in [1.29, 1.82) is 0 Å². The maximum Gasteiger partial charge on any atom is 0.274 e. The van der Waals surface area contributed by atoms with E-state index >= 15 is 0 Å². The zero-order valence-corrected chi connectivity index (χ0v) is 9.33. The van der Waals surface area contributed by atoms with Crippen molar-refractivity contribution in [3.05, 3.63) is 23.7 Å². The Hall–Kier alpha value is -1.58. The molecule has 0 bridgehead atoms. The van der Waals surface area contributed by atoms with Gasteiger partial charge in [0.2, 0.25) is 0 Å². The largest absolute Gasteiger partial charge is 0.469 e. The Kier molecular flexibility index (Phi) is 4.09. The molecular weight excluding hydrogens is 192 g/mol. The van der Waals surface area contributed by atoms with Gasteiger partial charge in [0, 0.05) is 5.71 Å². The Morgan fingerprint density at radius 1 is 1.47 bits per heavy atom. The average molecular weight is 208 g/mol. The van der Waals surface area contributed by atoms with Crippen molar-refractivity contribution in [3.63, 3.8) is 0 Å². The summed E-state index contributed by atoms with van der Waals surface area (Å²) in [7, 11) is 0. The van der Waals surface area contributed by atoms with Gasteiger partial charge in [0.1, 0.15) is 5.76 Å². The van der Waals surface area contributed by atoms with E-state index in [0.717, 1.165) is 18.6 Å². The van der Waals surface area contributed by atoms with E-state index in [9.17, 15) is 4.79 Å². The molecule has 0 saturated carbocycles. The van der Waals surface area contributed by atoms with Gasteiger partial charge in [-0.3, -0.25) is 4.79 Å². The number of nitrogens with zero attached hydrogens (tertiary/aromatic N) is 1. The van der Waals surface area contributed by atoms with Crippen molar-refractivity contribution in [2.75, 3.05) is 0 Å². The lowest BCUT2D eigenvalue weighted by atomic mass is 10.2. The van der Waals surface area contributed by atoms with Gasteiger partial charge in [-0.1, -0.05) is 13.8 Å². The number of furan rings is 1. The summed E-state index contributed by atoms with van der Waals surface area (Å²) in [4.78, 5) is 11.6. The highest BCUT2D eigenvalue weighted by molar-refractivity contribution is 5.96. The number of rotatable bonds is 4. The molecule has 0 aromatic carbocycles. The molecule has 0 saturated heterocycles. The summed E-state index contributed by atoms with van der Waals surface area (Å²) in [5, 5.41) is 4.03. The third kappa shape index (κ3) is 2.94. The monoisotopic (exact) mass is 208 g/mol. The zero-order chi connectivity index (χ0) is 11.3. The highest BCUT2D eigenvalue weighted by Crippen LogP contribution is 2.08. The highest BCUT2D eigenvalue weighted by Gasteiger charge is 2.10. The minimum atomic E-state index is -0.222. The first kappa shape index (κ1) is 11.5. The zero-order valence-electron chi connectivity index (χ0n) is 9.33. The van der Waals surface area contributed by atoms with Gasteiger partial charge in [-0.05, 0) is 25.8 Å². The van der Waals surface area contributed by atoms with Gasteiger partial charge in [0.25, 0.3) is 5.91 Å². The van der Waals surface area contributed by atoms with Gasteiger partial charge >= 0.3 is 0 Å². The lowest BCUT2D eigenvalue weighted by Crippen LogP contribution is -2.19. The molecule has 0 fully saturated rings. The topological polar surface area (TPSA) is 54.6 Å². The highest BCUT2D eigenvalue weighted by atomic mass is 16.3. The van der Waals surface area contributed by atoms with Gasteiger partial charge in [0.05, 0.1) is 11.8 Å². The fraction of sp³-hybridized carbons (Fsp3) is 0.455. The Balaban J connectivity index is 2.65. The summed E-state index contributed by atoms with van der Waals surface area (Å²) in [6.45, 7) is 5.77. The normalized spacial score (nSPS) is 9.80. The number of hydrogen-bond acceptors (Lipinski definition) is 3. The Morgan fingerprint density at radius 2 is 2.13 bits per heavy atom. The molecule has 0 aliphatic heterocycles. The molecular formula is C11H16N2O2. The molecule has 0 unspecified atom stereocenters. The van der Waals surface area contributed by atoms with Crippen molar-refractivity contribution >= 4 is 11.6 Å². The van der Waals surface area contributed by atoms with Crippen LogP contribution in [0.1, 0.15) is 42.8 Å². The van der Waals surface area contributed by atoms with Crippen molar-refractivity contribution in [3.8, 4) is 0 Å². The van der Waals surface area contributed by atoms with E-state index in [0.29, 0.717) is 11.3 Å². The second-order valence-corrected chi connectivity index (χ2v) is 3.22. The predicted molar refractivity (Wildman–Crippen MR) is 58.9 cm³/mol. The maximum absolute atomic E-state index is 11.6. The number of nitrogens with one attached hydrogen (secondary N) is 1. The molecule has 0 aliphatic carbocycles. The van der Waals surface area contributed by atoms with E-state index in [4.69, 9.17) is 4.42 Å². The number of hydrogen-bond donors (Lipinski definition) is 1. The van der Waals surface area contributed by atoms with Crippen LogP contribution in [-0.2, 0) is 0 Å². The maximum atomic E-state index is 11.6. The van der Waals surface area contributed by atoms with E-state index in [1.807, 2.05) is 13.8 Å². The third-order valence-corrected chi connectivity index (χ3v) is 2.24. The number of amides is 1. The summed E-state index contributed by atoms with van der Waals surface area (Å²) >= 11 is 0. The van der Waals surface area contributed by atoms with Crippen LogP contribution in [0.15, 0.2) is 21.8 Å². The second kappa shape index (κ2) is 5.34. The molecule has 0 aliphatic rings. The third-order valence-electron chi connectivity index (χ3n) is 2.24. The van der Waals surface area contributed by atoms with Crippen LogP contribution >= 0.6 is 0 Å². The first-order valence-electron chi connectivity index (χ1n) is 5.08. The number of carbonyl (C=O) groups is 1. The van der Waals surface area contributed by atoms with Gasteiger partial charge in [-0.2, -0.15) is 5.10 Å². The minimum absolute atomic E-state index is 0.222. The smallest absolute Gasteiger partial charge is 0.274 e. The molecule has 0 spiro atoms. The molecule has 4 heteroatoms. The SMILES string of the molecule is CCC(CC)=NNC(=O)c1ccoc1C. The first-order valence-corrected chi connectivity index (χ1v) is 5.08. The molecule has 1 N–H and O–H groups in total. The molecule has 0 atom stereocenters. The van der Waals surface area contributed by atoms with E-state index in [1.165, 1.54) is 6.26 Å². The molecule has 1 aromatic heterocycles. The molecule has 1 amide bonds. The fourth-order valence-corrected chi connectivity index (χ4v) is 1.22. The summed E-state index contributed by atoms with van der Waals surface area (Å²) in [6.07, 6.45) is 3.19. The average Bonchev–Trinajstić information content (AvgIpc) is 2.66. The van der Waals surface area contributed by atoms with Gasteiger partial charge in [0.15, 0.2) is 0 Å². The molecule has 1 aromatic rings. The van der Waals surface area contributed by atoms with Gasteiger partial charge in [-0.25, -0.2) is 5.43 Å². The van der Waals surface area contributed by atoms with Crippen LogP contribution in [0.25, 0.3) is 0 Å². The van der Waals surface area contributed by atoms with Crippen LogP contribution < -0.4 is 5.43 Å². The van der Waals surface area contributed by atoms with Crippen molar-refractivity contribution in [1.82, 2.24) is 5.43 Å². The predicted octanol–water partition coefficient (Wildman–Crippen LogP) is 2.49. The number of hydrazone groups is 1. The number of aryl methyl sites for hydroxylation is 1. The molecule has 82 valence electrons. The lowest BCUT2D eigenvalue weighted by Gasteiger charge is -2.01. The van der Waals surface area contributed by atoms with Crippen molar-refractivity contribution < 1.29 is 9.21 Å². The van der Waals surface area contributed by atoms with Crippen molar-refractivity contribution in [2.45, 2.75) is 33.6 Å². The molecule has 1 heterocycles. The molecule has 15 heavy (non-hydrogen) atoms. The van der Waals surface area contributed by atoms with E-state index in [-0.39, 0.29) is 5.91 Å². The quantitative estimate of drug-likeness (QED) is 0.610. The standard InChI is InChI=1S/C11H16N2O2/c1-4-9(5-2)12-13-11(14)10-6-7-15-8(10)3/h6-7H,4-5H2,1-3H3,(H,13,14). The minimum Gasteiger partial charge on any atom is -0.469 e. The van der Waals surface area contributed by atoms with Crippen LogP contribution in [-0.4, -0.2) is 11.6 Å². The van der Waals surface area contributed by atoms with Crippen LogP contribution in [0.2, 0.25) is 0 Å². The van der Waals surface area contributed by atoms with Gasteiger partial charge in [-0.15, -0.1) is 0 Å². The van der Waals surface area contributed by atoms with Gasteiger partial charge < -0.3 is 4.42 Å². The Labute approximate surface area is 89.4 Å². The Morgan fingerprint density at radius 3 is 2.60 bits per heavy atom.